The molecule has 34 heavy (non-hydrogen) atoms. The van der Waals surface area contributed by atoms with Crippen molar-refractivity contribution in [2.45, 2.75) is 69.7 Å². The lowest BCUT2D eigenvalue weighted by atomic mass is 9.86. The van der Waals surface area contributed by atoms with E-state index >= 15 is 0 Å². The molecule has 0 unspecified atom stereocenters. The first kappa shape index (κ1) is 25.5. The van der Waals surface area contributed by atoms with E-state index in [1.807, 2.05) is 48.5 Å². The number of amides is 1. The van der Waals surface area contributed by atoms with Gasteiger partial charge in [0.05, 0.1) is 32.6 Å². The van der Waals surface area contributed by atoms with Gasteiger partial charge in [0, 0.05) is 35.9 Å². The second-order valence-corrected chi connectivity index (χ2v) is 10.9. The van der Waals surface area contributed by atoms with Crippen LogP contribution in [0.25, 0.3) is 0 Å². The number of fused-ring (bicyclic) bond motifs is 2. The lowest BCUT2D eigenvalue weighted by Crippen LogP contribution is -3.00. The molecule has 0 radical (unpaired) electrons. The summed E-state index contributed by atoms with van der Waals surface area (Å²) in [5.74, 6) is 2.28. The molecule has 5 heteroatoms. The molecule has 1 N–H and O–H groups in total. The van der Waals surface area contributed by atoms with Gasteiger partial charge >= 0.3 is 0 Å². The monoisotopic (exact) mass is 574 g/mol. The predicted molar refractivity (Wildman–Crippen MR) is 133 cm³/mol. The van der Waals surface area contributed by atoms with Crippen LogP contribution in [0.5, 0.6) is 11.5 Å². The highest BCUT2D eigenvalue weighted by atomic mass is 127. The van der Waals surface area contributed by atoms with Gasteiger partial charge < -0.3 is 38.5 Å². The minimum atomic E-state index is -0.302. The molecular weight excluding hydrogens is 535 g/mol. The Kier molecular flexibility index (Phi) is 8.57. The Hall–Kier alpha value is -1.60. The topological polar surface area (TPSA) is 38.3 Å². The summed E-state index contributed by atoms with van der Waals surface area (Å²) in [6.07, 6.45) is 12.1. The van der Waals surface area contributed by atoms with Crippen molar-refractivity contribution in [3.05, 3.63) is 59.7 Å². The Balaban J connectivity index is 0.00000274. The molecule has 1 saturated heterocycles. The number of nitrogens with zero attached hydrogens (tertiary/aromatic N) is 1. The van der Waals surface area contributed by atoms with Crippen molar-refractivity contribution in [3.63, 3.8) is 0 Å². The molecule has 0 spiro atoms. The Morgan fingerprint density at radius 1 is 0.853 bits per heavy atom. The van der Waals surface area contributed by atoms with E-state index in [0.717, 1.165) is 41.4 Å². The van der Waals surface area contributed by atoms with Crippen LogP contribution in [0, 0.1) is 5.92 Å². The number of nitrogens with one attached hydrogen (secondary N) is 1. The van der Waals surface area contributed by atoms with Crippen LogP contribution in [-0.2, 0) is 4.79 Å². The van der Waals surface area contributed by atoms with Gasteiger partial charge in [0.25, 0.3) is 0 Å². The zero-order valence-corrected chi connectivity index (χ0v) is 22.6. The molecule has 1 saturated carbocycles. The highest BCUT2D eigenvalue weighted by Gasteiger charge is 2.36. The molecule has 2 aromatic rings. The zero-order chi connectivity index (χ0) is 22.7. The quantitative estimate of drug-likeness (QED) is 0.451. The number of piperidine rings is 1. The van der Waals surface area contributed by atoms with E-state index in [2.05, 4.69) is 12.4 Å². The van der Waals surface area contributed by atoms with Crippen LogP contribution in [0.15, 0.2) is 48.5 Å². The smallest absolute Gasteiger partial charge is 0.232 e. The summed E-state index contributed by atoms with van der Waals surface area (Å²) in [7, 11) is 2.45. The van der Waals surface area contributed by atoms with Crippen molar-refractivity contribution in [1.82, 2.24) is 5.32 Å². The third-order valence-electron chi connectivity index (χ3n) is 8.25. The van der Waals surface area contributed by atoms with Gasteiger partial charge in [-0.3, -0.25) is 4.79 Å². The first-order chi connectivity index (χ1) is 16.1. The maximum atomic E-state index is 13.6. The lowest BCUT2D eigenvalue weighted by molar-refractivity contribution is -0.917. The van der Waals surface area contributed by atoms with Gasteiger partial charge in [0.15, 0.2) is 0 Å². The van der Waals surface area contributed by atoms with Crippen LogP contribution in [0.3, 0.4) is 0 Å². The fourth-order valence-corrected chi connectivity index (χ4v) is 6.34. The summed E-state index contributed by atoms with van der Waals surface area (Å²) >= 11 is 0. The molecule has 2 aromatic carbocycles. The summed E-state index contributed by atoms with van der Waals surface area (Å²) in [5, 5.41) is 3.43. The number of hydrogen-bond donors (Lipinski definition) is 1. The summed E-state index contributed by atoms with van der Waals surface area (Å²) in [5.41, 5.74) is 1.93. The first-order valence-corrected chi connectivity index (χ1v) is 13.1. The summed E-state index contributed by atoms with van der Waals surface area (Å²) < 4.78 is 7.26. The van der Waals surface area contributed by atoms with E-state index in [9.17, 15) is 4.79 Å². The third kappa shape index (κ3) is 5.78. The Morgan fingerprint density at radius 2 is 1.38 bits per heavy atom. The molecule has 184 valence electrons. The van der Waals surface area contributed by atoms with Gasteiger partial charge in [-0.15, -0.1) is 0 Å². The number of carbonyl (C=O) groups excluding carboxylic acids is 1. The van der Waals surface area contributed by atoms with Gasteiger partial charge in [-0.2, -0.15) is 0 Å². The average Bonchev–Trinajstić information content (AvgIpc) is 2.81. The molecule has 0 atom stereocenters. The number of benzene rings is 2. The zero-order valence-electron chi connectivity index (χ0n) is 20.5. The van der Waals surface area contributed by atoms with Crippen molar-refractivity contribution < 1.29 is 38.0 Å². The Labute approximate surface area is 222 Å². The highest BCUT2D eigenvalue weighted by Crippen LogP contribution is 2.44. The highest BCUT2D eigenvalue weighted by molar-refractivity contribution is 5.89. The standard InChI is InChI=1S/C29H38N2O2.HI/c1-31(21-22-11-5-3-2-4-6-12-22)19-17-23(18-20-31)30-29(32)28-24-13-7-9-15-26(24)33-27-16-10-8-14-25(27)28;/h7-10,13-16,22-23,28H,2-6,11-12,17-21H2,1H3;1H. The normalized spacial score (nSPS) is 25.5. The molecule has 5 rings (SSSR count). The molecule has 2 heterocycles. The molecule has 0 bridgehead atoms. The van der Waals surface area contributed by atoms with Crippen molar-refractivity contribution in [3.8, 4) is 11.5 Å². The second kappa shape index (κ2) is 11.4. The fraction of sp³-hybridized carbons (Fsp3) is 0.552. The summed E-state index contributed by atoms with van der Waals surface area (Å²) in [4.78, 5) is 13.6. The number of quaternary nitrogens is 1. The van der Waals surface area contributed by atoms with Crippen LogP contribution >= 0.6 is 0 Å². The average molecular weight is 575 g/mol. The second-order valence-electron chi connectivity index (χ2n) is 10.9. The van der Waals surface area contributed by atoms with E-state index in [1.165, 1.54) is 69.1 Å². The van der Waals surface area contributed by atoms with Gasteiger partial charge in [-0.1, -0.05) is 68.5 Å². The van der Waals surface area contributed by atoms with Gasteiger partial charge in [0.1, 0.15) is 11.5 Å². The van der Waals surface area contributed by atoms with Crippen LogP contribution in [0.1, 0.15) is 74.8 Å². The maximum absolute atomic E-state index is 13.6. The van der Waals surface area contributed by atoms with Crippen molar-refractivity contribution >= 4 is 5.91 Å². The number of hydrogen-bond acceptors (Lipinski definition) is 2. The minimum Gasteiger partial charge on any atom is -1.00 e. The molecule has 4 nitrogen and oxygen atoms in total. The fourth-order valence-electron chi connectivity index (χ4n) is 6.34. The van der Waals surface area contributed by atoms with Crippen LogP contribution in [0.4, 0.5) is 0 Å². The molecule has 2 aliphatic heterocycles. The third-order valence-corrected chi connectivity index (χ3v) is 8.25. The van der Waals surface area contributed by atoms with Crippen molar-refractivity contribution in [2.75, 3.05) is 26.7 Å². The number of likely N-dealkylation sites (tertiary alicyclic amines) is 1. The van der Waals surface area contributed by atoms with Crippen LogP contribution in [0.2, 0.25) is 0 Å². The van der Waals surface area contributed by atoms with Crippen LogP contribution in [-0.4, -0.2) is 43.1 Å². The van der Waals surface area contributed by atoms with E-state index in [-0.39, 0.29) is 41.8 Å². The van der Waals surface area contributed by atoms with E-state index in [0.29, 0.717) is 0 Å². The first-order valence-electron chi connectivity index (χ1n) is 13.1. The lowest BCUT2D eigenvalue weighted by Gasteiger charge is -2.43. The van der Waals surface area contributed by atoms with Crippen molar-refractivity contribution in [1.29, 1.82) is 0 Å². The SMILES string of the molecule is C[N+]1(CC2CCCCCCC2)CCC(NC(=O)C2c3ccccc3Oc3ccccc32)CC1.[I-]. The Morgan fingerprint density at radius 3 is 1.97 bits per heavy atom. The van der Waals surface area contributed by atoms with E-state index < -0.39 is 0 Å². The summed E-state index contributed by atoms with van der Waals surface area (Å²) in [6.45, 7) is 3.66. The van der Waals surface area contributed by atoms with Gasteiger partial charge in [0.2, 0.25) is 5.91 Å². The van der Waals surface area contributed by atoms with Crippen LogP contribution < -0.4 is 34.0 Å². The van der Waals surface area contributed by atoms with Gasteiger partial charge in [-0.05, 0) is 25.0 Å². The molecular formula is C29H39IN2O2. The number of halogens is 1. The minimum absolute atomic E-state index is 0. The molecule has 0 aromatic heterocycles. The number of rotatable bonds is 4. The molecule has 1 aliphatic carbocycles. The van der Waals surface area contributed by atoms with Gasteiger partial charge in [-0.25, -0.2) is 0 Å². The number of ether oxygens (including phenoxy) is 1. The number of carbonyl (C=O) groups is 1. The number of para-hydroxylation sites is 2. The molecule has 1 amide bonds. The molecule has 3 aliphatic rings. The Bertz CT molecular complexity index is 917. The van der Waals surface area contributed by atoms with Crippen molar-refractivity contribution in [2.24, 2.45) is 5.92 Å². The molecule has 2 fully saturated rings. The largest absolute Gasteiger partial charge is 1.00 e. The predicted octanol–water partition coefficient (Wildman–Crippen LogP) is 3.01. The van der Waals surface area contributed by atoms with E-state index in [1.54, 1.807) is 0 Å². The maximum Gasteiger partial charge on any atom is 0.232 e. The summed E-state index contributed by atoms with van der Waals surface area (Å²) in [6, 6.07) is 16.2. The van der Waals surface area contributed by atoms with E-state index in [4.69, 9.17) is 4.74 Å².